The Bertz CT molecular complexity index is 1310. The average molecular weight is 483 g/mol. The molecule has 5 rings (SSSR count). The number of anilines is 1. The van der Waals surface area contributed by atoms with Crippen LogP contribution >= 0.6 is 0 Å². The van der Waals surface area contributed by atoms with Crippen LogP contribution in [-0.4, -0.2) is 62.4 Å². The fourth-order valence-electron chi connectivity index (χ4n) is 4.50. The van der Waals surface area contributed by atoms with Gasteiger partial charge >= 0.3 is 5.97 Å². The highest BCUT2D eigenvalue weighted by molar-refractivity contribution is 5.87. The molecule has 2 fully saturated rings. The molecule has 4 atom stereocenters. The first kappa shape index (κ1) is 23.1. The lowest BCUT2D eigenvalue weighted by Crippen LogP contribution is -2.56. The second-order valence-corrected chi connectivity index (χ2v) is 8.64. The number of hydrogen-bond acceptors (Lipinski definition) is 9. The standard InChI is InChI=1S/C23H25N5O7/c1-13(29)25-22-26-20-18(21(31)27-22)24-12-28(20)17-8-16-19(32-9-15-6-4-3-5-7-15)23(35-17,11-34-16)10-33-14(2)30/h3-7,12,16-17,19H,8-11H2,1-2H3,(H2,25,26,27,29,31)/t16?,17-,19+,23+/m1/s1. The van der Waals surface area contributed by atoms with E-state index in [-0.39, 0.29) is 42.3 Å². The van der Waals surface area contributed by atoms with Gasteiger partial charge in [0.25, 0.3) is 5.56 Å². The lowest BCUT2D eigenvalue weighted by Gasteiger charge is -2.42. The predicted octanol–water partition coefficient (Wildman–Crippen LogP) is 1.28. The Balaban J connectivity index is 1.45. The van der Waals surface area contributed by atoms with E-state index in [4.69, 9.17) is 18.9 Å². The number of rotatable bonds is 7. The van der Waals surface area contributed by atoms with Crippen LogP contribution in [0.15, 0.2) is 41.5 Å². The number of aromatic amines is 1. The molecule has 0 aliphatic carbocycles. The Morgan fingerprint density at radius 2 is 2.09 bits per heavy atom. The first-order valence-corrected chi connectivity index (χ1v) is 11.2. The largest absolute Gasteiger partial charge is 0.463 e. The zero-order valence-corrected chi connectivity index (χ0v) is 19.2. The number of amides is 1. The van der Waals surface area contributed by atoms with Gasteiger partial charge in [-0.15, -0.1) is 0 Å². The van der Waals surface area contributed by atoms with E-state index in [2.05, 4.69) is 20.3 Å². The first-order valence-electron chi connectivity index (χ1n) is 11.2. The van der Waals surface area contributed by atoms with Gasteiger partial charge in [-0.1, -0.05) is 30.3 Å². The summed E-state index contributed by atoms with van der Waals surface area (Å²) in [5.41, 5.74) is -0.218. The number of esters is 1. The molecule has 1 unspecified atom stereocenters. The number of carbonyl (C=O) groups excluding carboxylic acids is 2. The molecule has 184 valence electrons. The number of benzene rings is 1. The minimum absolute atomic E-state index is 0.00507. The molecule has 1 amide bonds. The fourth-order valence-corrected chi connectivity index (χ4v) is 4.50. The maximum absolute atomic E-state index is 12.5. The van der Waals surface area contributed by atoms with Gasteiger partial charge < -0.3 is 18.9 Å². The molecule has 0 radical (unpaired) electrons. The summed E-state index contributed by atoms with van der Waals surface area (Å²) in [4.78, 5) is 46.6. The van der Waals surface area contributed by atoms with E-state index in [1.807, 2.05) is 30.3 Å². The molecule has 2 saturated heterocycles. The van der Waals surface area contributed by atoms with Crippen molar-refractivity contribution in [3.8, 4) is 0 Å². The van der Waals surface area contributed by atoms with Gasteiger partial charge in [-0.2, -0.15) is 4.98 Å². The van der Waals surface area contributed by atoms with Gasteiger partial charge in [-0.3, -0.25) is 29.3 Å². The van der Waals surface area contributed by atoms with Gasteiger partial charge in [0.15, 0.2) is 16.8 Å². The lowest BCUT2D eigenvalue weighted by atomic mass is 9.91. The van der Waals surface area contributed by atoms with Crippen LogP contribution in [0.2, 0.25) is 0 Å². The number of carbonyl (C=O) groups is 2. The highest BCUT2D eigenvalue weighted by Gasteiger charge is 2.58. The van der Waals surface area contributed by atoms with E-state index in [9.17, 15) is 14.4 Å². The summed E-state index contributed by atoms with van der Waals surface area (Å²) in [7, 11) is 0. The number of nitrogens with one attached hydrogen (secondary N) is 2. The quantitative estimate of drug-likeness (QED) is 0.474. The zero-order chi connectivity index (χ0) is 24.6. The number of fused-ring (bicyclic) bond motifs is 3. The van der Waals surface area contributed by atoms with E-state index in [0.29, 0.717) is 13.0 Å². The van der Waals surface area contributed by atoms with Gasteiger partial charge in [0.2, 0.25) is 11.9 Å². The van der Waals surface area contributed by atoms with Crippen LogP contribution in [0.5, 0.6) is 0 Å². The normalized spacial score (nSPS) is 25.5. The number of aromatic nitrogens is 4. The predicted molar refractivity (Wildman–Crippen MR) is 121 cm³/mol. The molecule has 2 aromatic heterocycles. The molecule has 2 aliphatic rings. The summed E-state index contributed by atoms with van der Waals surface area (Å²) in [5.74, 6) is -0.820. The summed E-state index contributed by atoms with van der Waals surface area (Å²) in [6.45, 7) is 3.08. The summed E-state index contributed by atoms with van der Waals surface area (Å²) in [5, 5.41) is 2.48. The van der Waals surface area contributed by atoms with Crippen LogP contribution < -0.4 is 10.9 Å². The second-order valence-electron chi connectivity index (χ2n) is 8.64. The number of imidazole rings is 1. The molecular weight excluding hydrogens is 458 g/mol. The summed E-state index contributed by atoms with van der Waals surface area (Å²) < 4.78 is 25.7. The van der Waals surface area contributed by atoms with Crippen LogP contribution in [0.25, 0.3) is 11.2 Å². The monoisotopic (exact) mass is 483 g/mol. The van der Waals surface area contributed by atoms with Crippen molar-refractivity contribution in [2.75, 3.05) is 18.5 Å². The van der Waals surface area contributed by atoms with Crippen molar-refractivity contribution < 1.29 is 28.5 Å². The van der Waals surface area contributed by atoms with Crippen molar-refractivity contribution in [1.29, 1.82) is 0 Å². The average Bonchev–Trinajstić information content (AvgIpc) is 3.33. The molecular formula is C23H25N5O7. The molecule has 4 heterocycles. The summed E-state index contributed by atoms with van der Waals surface area (Å²) >= 11 is 0. The van der Waals surface area contributed by atoms with E-state index in [1.54, 1.807) is 4.57 Å². The van der Waals surface area contributed by atoms with Gasteiger partial charge in [-0.05, 0) is 5.56 Å². The molecule has 2 aliphatic heterocycles. The zero-order valence-electron chi connectivity index (χ0n) is 19.2. The molecule has 0 spiro atoms. The Kier molecular flexibility index (Phi) is 6.09. The summed E-state index contributed by atoms with van der Waals surface area (Å²) in [6.07, 6.45) is 0.372. The van der Waals surface area contributed by atoms with Crippen molar-refractivity contribution in [2.45, 2.75) is 50.9 Å². The molecule has 12 heteroatoms. The molecule has 1 aromatic carbocycles. The molecule has 3 aromatic rings. The van der Waals surface area contributed by atoms with Crippen molar-refractivity contribution in [3.05, 3.63) is 52.6 Å². The van der Waals surface area contributed by atoms with Gasteiger partial charge in [0.1, 0.15) is 18.9 Å². The van der Waals surface area contributed by atoms with Gasteiger partial charge in [0.05, 0.1) is 25.6 Å². The lowest BCUT2D eigenvalue weighted by molar-refractivity contribution is -0.227. The minimum atomic E-state index is -1.06. The van der Waals surface area contributed by atoms with Gasteiger partial charge in [0, 0.05) is 20.3 Å². The Morgan fingerprint density at radius 3 is 2.83 bits per heavy atom. The molecule has 12 nitrogen and oxygen atoms in total. The molecule has 2 bridgehead atoms. The molecule has 0 saturated carbocycles. The third-order valence-corrected chi connectivity index (χ3v) is 6.03. The third-order valence-electron chi connectivity index (χ3n) is 6.03. The smallest absolute Gasteiger partial charge is 0.302 e. The fraction of sp³-hybridized carbons (Fsp3) is 0.435. The maximum atomic E-state index is 12.5. The van der Waals surface area contributed by atoms with Crippen molar-refractivity contribution in [3.63, 3.8) is 0 Å². The SMILES string of the molecule is CC(=O)Nc1nc2c(ncn2[C@H]2CC3OC[C@](COC(C)=O)(O2)[C@H]3OCc2ccccc2)c(=O)[nH]1. The topological polar surface area (TPSA) is 147 Å². The van der Waals surface area contributed by atoms with Crippen LogP contribution in [0.1, 0.15) is 32.1 Å². The van der Waals surface area contributed by atoms with Crippen LogP contribution in [0.3, 0.4) is 0 Å². The Morgan fingerprint density at radius 1 is 1.29 bits per heavy atom. The van der Waals surface area contributed by atoms with E-state index < -0.39 is 29.5 Å². The van der Waals surface area contributed by atoms with Crippen molar-refractivity contribution >= 4 is 29.0 Å². The summed E-state index contributed by atoms with van der Waals surface area (Å²) in [6, 6.07) is 9.71. The van der Waals surface area contributed by atoms with E-state index >= 15 is 0 Å². The first-order chi connectivity index (χ1) is 16.8. The van der Waals surface area contributed by atoms with Crippen LogP contribution in [-0.2, 0) is 35.1 Å². The maximum Gasteiger partial charge on any atom is 0.302 e. The number of H-pyrrole nitrogens is 1. The third kappa shape index (κ3) is 4.55. The van der Waals surface area contributed by atoms with E-state index in [1.165, 1.54) is 20.2 Å². The Hall–Kier alpha value is -3.61. The van der Waals surface area contributed by atoms with Crippen LogP contribution in [0.4, 0.5) is 5.95 Å². The molecule has 35 heavy (non-hydrogen) atoms. The molecule has 2 N–H and O–H groups in total. The highest BCUT2D eigenvalue weighted by Crippen LogP contribution is 2.44. The van der Waals surface area contributed by atoms with Crippen molar-refractivity contribution in [2.24, 2.45) is 0 Å². The number of ether oxygens (including phenoxy) is 4. The van der Waals surface area contributed by atoms with Gasteiger partial charge in [-0.25, -0.2) is 4.98 Å². The second kappa shape index (κ2) is 9.21. The minimum Gasteiger partial charge on any atom is -0.463 e. The van der Waals surface area contributed by atoms with E-state index in [0.717, 1.165) is 5.56 Å². The number of hydrogen-bond donors (Lipinski definition) is 2. The highest BCUT2D eigenvalue weighted by atomic mass is 16.6. The number of nitrogens with zero attached hydrogens (tertiary/aromatic N) is 3. The Labute approximate surface area is 199 Å². The van der Waals surface area contributed by atoms with Crippen molar-refractivity contribution in [1.82, 2.24) is 19.5 Å². The van der Waals surface area contributed by atoms with Crippen LogP contribution in [0, 0.1) is 0 Å².